The Hall–Kier alpha value is -0.600. The monoisotopic (exact) mass is 386 g/mol. The van der Waals surface area contributed by atoms with Crippen molar-refractivity contribution < 1.29 is 40.2 Å². The molecule has 1 nitrogen and oxygen atoms in total. The zero-order valence-corrected chi connectivity index (χ0v) is 14.2. The van der Waals surface area contributed by atoms with Crippen molar-refractivity contribution >= 4 is 0 Å². The van der Waals surface area contributed by atoms with E-state index in [0.29, 0.717) is 6.42 Å². The second-order valence-corrected chi connectivity index (χ2v) is 6.34. The van der Waals surface area contributed by atoms with Crippen molar-refractivity contribution in [3.8, 4) is 0 Å². The molecule has 0 spiro atoms. The van der Waals surface area contributed by atoms with Gasteiger partial charge in [-0.15, -0.1) is 0 Å². The standard InChI is InChI=1S/C16H26F8O/c1-2-3-4-5-6-7-8-9-10-11-12-13(17,25)14(18,19)15(20,21)16(22,23)24/h25H,2-12H2,1H3. The molecule has 0 aliphatic rings. The lowest BCUT2D eigenvalue weighted by atomic mass is 9.96. The molecule has 0 radical (unpaired) electrons. The minimum atomic E-state index is -6.66. The molecule has 0 fully saturated rings. The number of hydrogen-bond donors (Lipinski definition) is 1. The Bertz CT molecular complexity index is 366. The van der Waals surface area contributed by atoms with Gasteiger partial charge in [-0.05, 0) is 6.42 Å². The summed E-state index contributed by atoms with van der Waals surface area (Å²) in [5, 5.41) is 8.87. The van der Waals surface area contributed by atoms with E-state index in [1.165, 1.54) is 0 Å². The number of unbranched alkanes of at least 4 members (excludes halogenated alkanes) is 9. The van der Waals surface area contributed by atoms with Gasteiger partial charge in [-0.1, -0.05) is 64.7 Å². The molecule has 1 unspecified atom stereocenters. The van der Waals surface area contributed by atoms with Gasteiger partial charge in [0.25, 0.3) is 5.85 Å². The molecule has 0 saturated carbocycles. The summed E-state index contributed by atoms with van der Waals surface area (Å²) in [4.78, 5) is 0. The molecular weight excluding hydrogens is 360 g/mol. The van der Waals surface area contributed by atoms with Crippen LogP contribution in [0.15, 0.2) is 0 Å². The summed E-state index contributed by atoms with van der Waals surface area (Å²) >= 11 is 0. The van der Waals surface area contributed by atoms with Crippen molar-refractivity contribution in [2.24, 2.45) is 0 Å². The van der Waals surface area contributed by atoms with E-state index in [1.54, 1.807) is 0 Å². The molecule has 0 aromatic carbocycles. The van der Waals surface area contributed by atoms with E-state index in [9.17, 15) is 35.1 Å². The van der Waals surface area contributed by atoms with Crippen LogP contribution in [-0.4, -0.2) is 29.0 Å². The van der Waals surface area contributed by atoms with Crippen molar-refractivity contribution in [1.29, 1.82) is 0 Å². The zero-order chi connectivity index (χ0) is 19.8. The molecule has 0 saturated heterocycles. The van der Waals surface area contributed by atoms with E-state index >= 15 is 0 Å². The molecule has 0 aliphatic heterocycles. The second-order valence-electron chi connectivity index (χ2n) is 6.34. The summed E-state index contributed by atoms with van der Waals surface area (Å²) < 4.78 is 101. The van der Waals surface area contributed by atoms with Crippen LogP contribution in [0.5, 0.6) is 0 Å². The van der Waals surface area contributed by atoms with Crippen LogP contribution in [0.3, 0.4) is 0 Å². The third-order valence-electron chi connectivity index (χ3n) is 4.09. The summed E-state index contributed by atoms with van der Waals surface area (Å²) in [5.74, 6) is -17.8. The van der Waals surface area contributed by atoms with Crippen LogP contribution in [0, 0.1) is 0 Å². The first-order valence-electron chi connectivity index (χ1n) is 8.55. The molecule has 25 heavy (non-hydrogen) atoms. The first-order chi connectivity index (χ1) is 11.3. The molecule has 152 valence electrons. The predicted octanol–water partition coefficient (Wildman–Crippen LogP) is 6.79. The smallest absolute Gasteiger partial charge is 0.357 e. The number of aliphatic hydroxyl groups is 1. The van der Waals surface area contributed by atoms with Crippen molar-refractivity contribution in [2.75, 3.05) is 0 Å². The quantitative estimate of drug-likeness (QED) is 0.273. The van der Waals surface area contributed by atoms with Crippen molar-refractivity contribution in [2.45, 2.75) is 101 Å². The summed E-state index contributed by atoms with van der Waals surface area (Å²) in [6.45, 7) is 2.08. The molecular formula is C16H26F8O. The van der Waals surface area contributed by atoms with Gasteiger partial charge in [-0.25, -0.2) is 4.39 Å². The Morgan fingerprint density at radius 2 is 0.920 bits per heavy atom. The Balaban J connectivity index is 4.20. The fourth-order valence-electron chi connectivity index (χ4n) is 2.42. The molecule has 0 amide bonds. The maximum atomic E-state index is 13.5. The highest BCUT2D eigenvalue weighted by atomic mass is 19.4. The van der Waals surface area contributed by atoms with E-state index in [4.69, 9.17) is 5.11 Å². The van der Waals surface area contributed by atoms with Gasteiger partial charge in [0.05, 0.1) is 0 Å². The SMILES string of the molecule is CCCCCCCCCCCCC(O)(F)C(F)(F)C(F)(F)C(F)(F)F. The highest BCUT2D eigenvalue weighted by Gasteiger charge is 2.80. The van der Waals surface area contributed by atoms with Crippen molar-refractivity contribution in [1.82, 2.24) is 0 Å². The minimum Gasteiger partial charge on any atom is -0.357 e. The number of halogens is 8. The van der Waals surface area contributed by atoms with Crippen LogP contribution in [0.4, 0.5) is 35.1 Å². The molecule has 0 rings (SSSR count). The number of alkyl halides is 8. The van der Waals surface area contributed by atoms with E-state index < -0.39 is 36.7 Å². The molecule has 1 N–H and O–H groups in total. The van der Waals surface area contributed by atoms with Gasteiger partial charge in [0.1, 0.15) is 0 Å². The first kappa shape index (κ1) is 24.4. The summed E-state index contributed by atoms with van der Waals surface area (Å²) in [7, 11) is 0. The Kier molecular flexibility index (Phi) is 9.68. The third-order valence-corrected chi connectivity index (χ3v) is 4.09. The van der Waals surface area contributed by atoms with E-state index in [-0.39, 0.29) is 6.42 Å². The van der Waals surface area contributed by atoms with Gasteiger partial charge in [0.2, 0.25) is 0 Å². The molecule has 0 aliphatic carbocycles. The van der Waals surface area contributed by atoms with Crippen LogP contribution in [0.1, 0.15) is 77.6 Å². The molecule has 0 aromatic rings. The largest absolute Gasteiger partial charge is 0.460 e. The topological polar surface area (TPSA) is 20.2 Å². The van der Waals surface area contributed by atoms with Crippen molar-refractivity contribution in [3.05, 3.63) is 0 Å². The lowest BCUT2D eigenvalue weighted by Gasteiger charge is -2.35. The highest BCUT2D eigenvalue weighted by molar-refractivity contribution is 4.99. The Morgan fingerprint density at radius 1 is 0.560 bits per heavy atom. The first-order valence-corrected chi connectivity index (χ1v) is 8.55. The van der Waals surface area contributed by atoms with E-state index in [1.807, 2.05) is 0 Å². The van der Waals surface area contributed by atoms with E-state index in [0.717, 1.165) is 44.9 Å². The molecule has 0 heterocycles. The van der Waals surface area contributed by atoms with Crippen molar-refractivity contribution in [3.63, 3.8) is 0 Å². The zero-order valence-electron chi connectivity index (χ0n) is 14.2. The molecule has 0 aromatic heterocycles. The highest BCUT2D eigenvalue weighted by Crippen LogP contribution is 2.52. The number of hydrogen-bond acceptors (Lipinski definition) is 1. The lowest BCUT2D eigenvalue weighted by molar-refractivity contribution is -0.408. The van der Waals surface area contributed by atoms with Crippen LogP contribution in [0.2, 0.25) is 0 Å². The average Bonchev–Trinajstić information content (AvgIpc) is 2.47. The van der Waals surface area contributed by atoms with Gasteiger partial charge < -0.3 is 5.11 Å². The Labute approximate surface area is 142 Å². The number of rotatable bonds is 13. The van der Waals surface area contributed by atoms with Gasteiger partial charge in [-0.2, -0.15) is 30.7 Å². The van der Waals surface area contributed by atoms with E-state index in [2.05, 4.69) is 6.92 Å². The molecule has 9 heteroatoms. The van der Waals surface area contributed by atoms with Gasteiger partial charge in [0.15, 0.2) is 0 Å². The van der Waals surface area contributed by atoms with Crippen LogP contribution < -0.4 is 0 Å². The van der Waals surface area contributed by atoms with Crippen LogP contribution in [-0.2, 0) is 0 Å². The molecule has 0 bridgehead atoms. The van der Waals surface area contributed by atoms with Gasteiger partial charge in [-0.3, -0.25) is 0 Å². The fourth-order valence-corrected chi connectivity index (χ4v) is 2.42. The van der Waals surface area contributed by atoms with Gasteiger partial charge in [0, 0.05) is 6.42 Å². The fraction of sp³-hybridized carbons (Fsp3) is 1.00. The summed E-state index contributed by atoms with van der Waals surface area (Å²) in [6, 6.07) is 0. The third kappa shape index (κ3) is 6.90. The Morgan fingerprint density at radius 3 is 1.28 bits per heavy atom. The average molecular weight is 386 g/mol. The predicted molar refractivity (Wildman–Crippen MR) is 78.5 cm³/mol. The van der Waals surface area contributed by atoms with Crippen LogP contribution in [0.25, 0.3) is 0 Å². The maximum absolute atomic E-state index is 13.5. The maximum Gasteiger partial charge on any atom is 0.460 e. The van der Waals surface area contributed by atoms with Gasteiger partial charge >= 0.3 is 18.0 Å². The lowest BCUT2D eigenvalue weighted by Crippen LogP contribution is -2.62. The summed E-state index contributed by atoms with van der Waals surface area (Å²) in [5.41, 5.74) is 0. The summed E-state index contributed by atoms with van der Waals surface area (Å²) in [6.07, 6.45) is -0.843. The second kappa shape index (κ2) is 9.92. The normalized spacial score (nSPS) is 16.1. The minimum absolute atomic E-state index is 0.162. The van der Waals surface area contributed by atoms with Crippen LogP contribution >= 0.6 is 0 Å². The molecule has 1 atom stereocenters.